The van der Waals surface area contributed by atoms with Crippen LogP contribution in [0.5, 0.6) is 5.75 Å². The van der Waals surface area contributed by atoms with Gasteiger partial charge in [0.2, 0.25) is 0 Å². The molecule has 0 amide bonds. The Hall–Kier alpha value is -4.11. The molecule has 0 bridgehead atoms. The van der Waals surface area contributed by atoms with Gasteiger partial charge in [-0.25, -0.2) is 0 Å². The van der Waals surface area contributed by atoms with Crippen LogP contribution < -0.4 is 0 Å². The van der Waals surface area contributed by atoms with Gasteiger partial charge in [-0.3, -0.25) is 33.6 Å². The topological polar surface area (TPSA) is 160 Å². The van der Waals surface area contributed by atoms with E-state index in [-0.39, 0.29) is 54.3 Å². The lowest BCUT2D eigenvalue weighted by molar-refractivity contribution is -0.205. The van der Waals surface area contributed by atoms with Crippen molar-refractivity contribution in [3.05, 3.63) is 63.7 Å². The first-order chi connectivity index (χ1) is 22.2. The molecule has 0 aromatic heterocycles. The van der Waals surface area contributed by atoms with Crippen molar-refractivity contribution in [1.29, 1.82) is 0 Å². The molecule has 2 fully saturated rings. The minimum atomic E-state index is -2.77. The molecular formula is C39H44O9. The summed E-state index contributed by atoms with van der Waals surface area (Å²) < 4.78 is 0. The van der Waals surface area contributed by atoms with Crippen LogP contribution in [0.25, 0.3) is 0 Å². The number of carbonyl (C=O) groups excluding carboxylic acids is 7. The lowest BCUT2D eigenvalue weighted by Crippen LogP contribution is -2.76. The van der Waals surface area contributed by atoms with Crippen LogP contribution in [-0.4, -0.2) is 56.3 Å². The van der Waals surface area contributed by atoms with E-state index in [1.165, 1.54) is 6.92 Å². The normalized spacial score (nSPS) is 29.9. The van der Waals surface area contributed by atoms with Crippen LogP contribution in [0.15, 0.2) is 30.3 Å². The summed E-state index contributed by atoms with van der Waals surface area (Å²) in [5, 5.41) is 23.9. The van der Waals surface area contributed by atoms with E-state index in [1.807, 2.05) is 13.8 Å². The first-order valence-corrected chi connectivity index (χ1v) is 16.6. The fourth-order valence-electron chi connectivity index (χ4n) is 9.30. The molecule has 2 N–H and O–H groups in total. The number of ketones is 7. The third kappa shape index (κ3) is 5.04. The van der Waals surface area contributed by atoms with Gasteiger partial charge in [-0.05, 0) is 60.6 Å². The summed E-state index contributed by atoms with van der Waals surface area (Å²) in [6.07, 6.45) is -0.0453. The maximum Gasteiger partial charge on any atom is 0.190 e. The summed E-state index contributed by atoms with van der Waals surface area (Å²) in [5.41, 5.74) is -2.88. The zero-order valence-electron chi connectivity index (χ0n) is 28.9. The number of Topliss-reactive ketones (excluding diaryl/α,β-unsaturated/α-hetero) is 7. The standard InChI is InChI=1S/C39H44O9/c1-18(2)26-15-24(14-25(42)13-22-9-11-23(12-10-22)20(5)40)32(43)29-27(26)16-37(7)17-38(8)30(19(3)4)33(44)28(21(6)41)35(46)39(38,48)36(47)31(37)34(29)45/h9-12,15,18-19,28,30-31,43,48H,13-14,16-17H2,1-8H3/t28?,30?,31?,37-,38-,39+/m1/s1. The SMILES string of the molecule is CC(=O)c1ccc(CC(=O)Cc2cc(C(C)C)c3c(c2O)C(=O)C2C(=O)[C@@]4(O)C(=O)C(C(C)=O)C(=O)C(C(C)C)[C@@]4(C)C[C@@]2(C)C3)cc1. The maximum atomic E-state index is 14.6. The van der Waals surface area contributed by atoms with Crippen LogP contribution in [-0.2, 0) is 43.2 Å². The number of hydrogen-bond donors (Lipinski definition) is 2. The Balaban J connectivity index is 1.60. The molecule has 3 aliphatic carbocycles. The summed E-state index contributed by atoms with van der Waals surface area (Å²) in [5.74, 6) is -10.0. The minimum Gasteiger partial charge on any atom is -0.507 e. The first kappa shape index (κ1) is 35.2. The highest BCUT2D eigenvalue weighted by Gasteiger charge is 2.76. The number of phenolic OH excluding ortho intramolecular Hbond substituents is 1. The monoisotopic (exact) mass is 656 g/mol. The zero-order chi connectivity index (χ0) is 35.8. The quantitative estimate of drug-likeness (QED) is 0.301. The molecule has 2 aromatic carbocycles. The van der Waals surface area contributed by atoms with Gasteiger partial charge in [0.05, 0.1) is 11.5 Å². The third-order valence-electron chi connectivity index (χ3n) is 11.3. The Morgan fingerprint density at radius 2 is 1.52 bits per heavy atom. The van der Waals surface area contributed by atoms with Gasteiger partial charge in [-0.15, -0.1) is 0 Å². The van der Waals surface area contributed by atoms with Crippen molar-refractivity contribution in [3.63, 3.8) is 0 Å². The summed E-state index contributed by atoms with van der Waals surface area (Å²) in [6, 6.07) is 8.40. The number of hydrogen-bond acceptors (Lipinski definition) is 9. The Morgan fingerprint density at radius 1 is 0.917 bits per heavy atom. The number of aliphatic hydroxyl groups is 1. The van der Waals surface area contributed by atoms with Crippen molar-refractivity contribution in [2.45, 2.75) is 92.6 Å². The summed E-state index contributed by atoms with van der Waals surface area (Å²) in [4.78, 5) is 94.3. The van der Waals surface area contributed by atoms with E-state index in [0.717, 1.165) is 12.5 Å². The van der Waals surface area contributed by atoms with E-state index in [0.29, 0.717) is 16.7 Å². The van der Waals surface area contributed by atoms with Crippen LogP contribution in [0.4, 0.5) is 0 Å². The summed E-state index contributed by atoms with van der Waals surface area (Å²) in [7, 11) is 0. The summed E-state index contributed by atoms with van der Waals surface area (Å²) >= 11 is 0. The molecular weight excluding hydrogens is 612 g/mol. The molecule has 6 atom stereocenters. The average molecular weight is 657 g/mol. The lowest BCUT2D eigenvalue weighted by Gasteiger charge is -2.62. The molecule has 3 unspecified atom stereocenters. The summed E-state index contributed by atoms with van der Waals surface area (Å²) in [6.45, 7) is 13.2. The zero-order valence-corrected chi connectivity index (χ0v) is 28.9. The number of benzene rings is 2. The molecule has 0 saturated heterocycles. The highest BCUT2D eigenvalue weighted by Crippen LogP contribution is 2.64. The Kier molecular flexibility index (Phi) is 8.65. The predicted octanol–water partition coefficient (Wildman–Crippen LogP) is 4.77. The van der Waals surface area contributed by atoms with E-state index in [1.54, 1.807) is 58.0 Å². The fourth-order valence-corrected chi connectivity index (χ4v) is 9.30. The van der Waals surface area contributed by atoms with Gasteiger partial charge in [0.25, 0.3) is 0 Å². The van der Waals surface area contributed by atoms with Gasteiger partial charge in [0, 0.05) is 35.3 Å². The largest absolute Gasteiger partial charge is 0.507 e. The highest BCUT2D eigenvalue weighted by atomic mass is 16.3. The highest BCUT2D eigenvalue weighted by molar-refractivity contribution is 6.32. The number of phenols is 1. The van der Waals surface area contributed by atoms with Crippen molar-refractivity contribution >= 4 is 40.5 Å². The fraction of sp³-hybridized carbons (Fsp3) is 0.513. The molecule has 3 aliphatic rings. The number of carbonyl (C=O) groups is 7. The van der Waals surface area contributed by atoms with Crippen LogP contribution >= 0.6 is 0 Å². The van der Waals surface area contributed by atoms with E-state index in [4.69, 9.17) is 0 Å². The molecule has 0 aliphatic heterocycles. The van der Waals surface area contributed by atoms with Crippen molar-refractivity contribution in [1.82, 2.24) is 0 Å². The lowest BCUT2D eigenvalue weighted by atomic mass is 9.39. The molecule has 2 saturated carbocycles. The number of rotatable bonds is 8. The van der Waals surface area contributed by atoms with Gasteiger partial charge in [0.15, 0.2) is 34.5 Å². The second-order valence-corrected chi connectivity index (χ2v) is 15.5. The second-order valence-electron chi connectivity index (χ2n) is 15.5. The van der Waals surface area contributed by atoms with Gasteiger partial charge < -0.3 is 10.2 Å². The molecule has 5 rings (SSSR count). The third-order valence-corrected chi connectivity index (χ3v) is 11.3. The van der Waals surface area contributed by atoms with Crippen LogP contribution in [0.3, 0.4) is 0 Å². The average Bonchev–Trinajstić information content (AvgIpc) is 2.96. The van der Waals surface area contributed by atoms with Crippen LogP contribution in [0.1, 0.15) is 111 Å². The van der Waals surface area contributed by atoms with Crippen molar-refractivity contribution < 1.29 is 43.8 Å². The van der Waals surface area contributed by atoms with Gasteiger partial charge in [0.1, 0.15) is 23.2 Å². The van der Waals surface area contributed by atoms with Gasteiger partial charge in [-0.2, -0.15) is 0 Å². The number of fused-ring (bicyclic) bond motifs is 3. The molecule has 0 radical (unpaired) electrons. The Bertz CT molecular complexity index is 1800. The Labute approximate surface area is 280 Å². The number of aromatic hydroxyl groups is 1. The van der Waals surface area contributed by atoms with Crippen LogP contribution in [0.2, 0.25) is 0 Å². The van der Waals surface area contributed by atoms with Gasteiger partial charge in [-0.1, -0.05) is 71.9 Å². The maximum absolute atomic E-state index is 14.6. The molecule has 9 nitrogen and oxygen atoms in total. The molecule has 0 spiro atoms. The second kappa shape index (κ2) is 11.8. The predicted molar refractivity (Wildman–Crippen MR) is 176 cm³/mol. The van der Waals surface area contributed by atoms with E-state index < -0.39 is 74.8 Å². The minimum absolute atomic E-state index is 0.0238. The smallest absolute Gasteiger partial charge is 0.190 e. The van der Waals surface area contributed by atoms with E-state index in [9.17, 15) is 43.8 Å². The van der Waals surface area contributed by atoms with E-state index in [2.05, 4.69) is 0 Å². The van der Waals surface area contributed by atoms with Crippen LogP contribution in [0, 0.1) is 34.5 Å². The van der Waals surface area contributed by atoms with Crippen molar-refractivity contribution in [2.75, 3.05) is 0 Å². The molecule has 9 heteroatoms. The van der Waals surface area contributed by atoms with E-state index >= 15 is 0 Å². The van der Waals surface area contributed by atoms with Crippen molar-refractivity contribution in [3.8, 4) is 5.75 Å². The Morgan fingerprint density at radius 3 is 2.04 bits per heavy atom. The van der Waals surface area contributed by atoms with Gasteiger partial charge >= 0.3 is 0 Å². The molecule has 0 heterocycles. The molecule has 254 valence electrons. The molecule has 48 heavy (non-hydrogen) atoms. The first-order valence-electron chi connectivity index (χ1n) is 16.6. The van der Waals surface area contributed by atoms with Crippen molar-refractivity contribution in [2.24, 2.45) is 34.5 Å². The molecule has 2 aromatic rings.